The van der Waals surface area contributed by atoms with Gasteiger partial charge in [-0.05, 0) is 24.3 Å². The second kappa shape index (κ2) is 8.37. The molecule has 0 spiro atoms. The maximum absolute atomic E-state index is 6.19. The molecule has 1 aromatic carbocycles. The molecule has 4 aromatic rings. The zero-order chi connectivity index (χ0) is 19.3. The number of pyridine rings is 1. The lowest BCUT2D eigenvalue weighted by molar-refractivity contribution is 0.528. The number of nitrogens with zero attached hydrogens (tertiary/aromatic N) is 6. The summed E-state index contributed by atoms with van der Waals surface area (Å²) in [5, 5.41) is 18.1. The van der Waals surface area contributed by atoms with Crippen LogP contribution in [0.5, 0.6) is 0 Å². The zero-order valence-corrected chi connectivity index (χ0v) is 16.3. The smallest absolute Gasteiger partial charge is 0.249 e. The molecule has 0 aliphatic rings. The number of aromatic nitrogens is 6. The van der Waals surface area contributed by atoms with Crippen molar-refractivity contribution in [2.24, 2.45) is 0 Å². The van der Waals surface area contributed by atoms with Gasteiger partial charge in [0.2, 0.25) is 11.8 Å². The number of halogens is 1. The van der Waals surface area contributed by atoms with Crippen LogP contribution in [-0.4, -0.2) is 29.9 Å². The van der Waals surface area contributed by atoms with Crippen molar-refractivity contribution in [1.29, 1.82) is 0 Å². The summed E-state index contributed by atoms with van der Waals surface area (Å²) in [6.45, 7) is 4.41. The van der Waals surface area contributed by atoms with Crippen LogP contribution in [0, 0.1) is 0 Å². The van der Waals surface area contributed by atoms with E-state index in [0.717, 1.165) is 16.5 Å². The van der Waals surface area contributed by atoms with E-state index in [1.54, 1.807) is 24.5 Å². The van der Waals surface area contributed by atoms with Crippen LogP contribution in [0.15, 0.2) is 71.0 Å². The summed E-state index contributed by atoms with van der Waals surface area (Å²) in [6.07, 6.45) is 5.26. The van der Waals surface area contributed by atoms with E-state index >= 15 is 0 Å². The van der Waals surface area contributed by atoms with Crippen molar-refractivity contribution >= 4 is 23.4 Å². The molecule has 0 N–H and O–H groups in total. The summed E-state index contributed by atoms with van der Waals surface area (Å²) in [7, 11) is 0. The Labute approximate surface area is 170 Å². The van der Waals surface area contributed by atoms with Crippen molar-refractivity contribution in [3.8, 4) is 22.8 Å². The minimum atomic E-state index is 0.395. The van der Waals surface area contributed by atoms with Gasteiger partial charge in [-0.2, -0.15) is 0 Å². The molecule has 3 heterocycles. The van der Waals surface area contributed by atoms with Gasteiger partial charge < -0.3 is 4.42 Å². The van der Waals surface area contributed by atoms with Crippen LogP contribution >= 0.6 is 23.4 Å². The molecule has 0 saturated carbocycles. The molecule has 9 heteroatoms. The van der Waals surface area contributed by atoms with Crippen molar-refractivity contribution in [2.45, 2.75) is 17.5 Å². The fourth-order valence-corrected chi connectivity index (χ4v) is 3.59. The molecule has 0 bridgehead atoms. The Kier molecular flexibility index (Phi) is 5.50. The lowest BCUT2D eigenvalue weighted by atomic mass is 10.2. The summed E-state index contributed by atoms with van der Waals surface area (Å²) in [5.41, 5.74) is 1.65. The number of allylic oxidation sites excluding steroid dienone is 1. The number of thioether (sulfide) groups is 1. The summed E-state index contributed by atoms with van der Waals surface area (Å²) < 4.78 is 7.73. The topological polar surface area (TPSA) is 82.5 Å². The molecule has 0 saturated heterocycles. The van der Waals surface area contributed by atoms with Crippen LogP contribution in [0.3, 0.4) is 0 Å². The first-order valence-electron chi connectivity index (χ1n) is 8.41. The van der Waals surface area contributed by atoms with E-state index in [-0.39, 0.29) is 0 Å². The van der Waals surface area contributed by atoms with E-state index in [1.165, 1.54) is 11.8 Å². The normalized spacial score (nSPS) is 10.9. The first kappa shape index (κ1) is 18.4. The first-order chi connectivity index (χ1) is 13.8. The van der Waals surface area contributed by atoms with E-state index in [0.29, 0.717) is 34.7 Å². The number of benzene rings is 1. The summed E-state index contributed by atoms with van der Waals surface area (Å²) in [4.78, 5) is 4.04. The first-order valence-corrected chi connectivity index (χ1v) is 9.77. The van der Waals surface area contributed by atoms with Gasteiger partial charge in [-0.1, -0.05) is 41.6 Å². The van der Waals surface area contributed by atoms with Crippen LogP contribution in [-0.2, 0) is 12.3 Å². The Bertz CT molecular complexity index is 1090. The van der Waals surface area contributed by atoms with Crippen molar-refractivity contribution < 1.29 is 4.42 Å². The highest BCUT2D eigenvalue weighted by Crippen LogP contribution is 2.29. The van der Waals surface area contributed by atoms with E-state index < -0.39 is 0 Å². The fourth-order valence-electron chi connectivity index (χ4n) is 2.59. The maximum Gasteiger partial charge on any atom is 0.249 e. The second-order valence-electron chi connectivity index (χ2n) is 5.71. The lowest BCUT2D eigenvalue weighted by Crippen LogP contribution is -2.00. The van der Waals surface area contributed by atoms with Gasteiger partial charge in [0.25, 0.3) is 0 Å². The van der Waals surface area contributed by atoms with Crippen LogP contribution < -0.4 is 0 Å². The Morgan fingerprint density at radius 3 is 2.68 bits per heavy atom. The van der Waals surface area contributed by atoms with Gasteiger partial charge in [-0.15, -0.1) is 27.0 Å². The van der Waals surface area contributed by atoms with E-state index in [4.69, 9.17) is 16.0 Å². The van der Waals surface area contributed by atoms with Crippen LogP contribution in [0.4, 0.5) is 0 Å². The molecule has 7 nitrogen and oxygen atoms in total. The van der Waals surface area contributed by atoms with Gasteiger partial charge in [-0.25, -0.2) is 0 Å². The highest BCUT2D eigenvalue weighted by molar-refractivity contribution is 7.98. The van der Waals surface area contributed by atoms with Crippen LogP contribution in [0.25, 0.3) is 22.8 Å². The molecule has 0 atom stereocenters. The molecule has 140 valence electrons. The monoisotopic (exact) mass is 410 g/mol. The van der Waals surface area contributed by atoms with Crippen molar-refractivity contribution in [3.63, 3.8) is 0 Å². The van der Waals surface area contributed by atoms with Gasteiger partial charge >= 0.3 is 0 Å². The molecular formula is C19H15ClN6OS. The summed E-state index contributed by atoms with van der Waals surface area (Å²) >= 11 is 7.65. The summed E-state index contributed by atoms with van der Waals surface area (Å²) in [6, 6.07) is 11.1. The third-order valence-electron chi connectivity index (χ3n) is 3.86. The molecule has 0 unspecified atom stereocenters. The largest absolute Gasteiger partial charge is 0.420 e. The van der Waals surface area contributed by atoms with E-state index in [9.17, 15) is 0 Å². The molecule has 0 radical (unpaired) electrons. The zero-order valence-electron chi connectivity index (χ0n) is 14.7. The molecule has 0 aliphatic carbocycles. The molecule has 28 heavy (non-hydrogen) atoms. The third kappa shape index (κ3) is 3.83. The van der Waals surface area contributed by atoms with Crippen LogP contribution in [0.1, 0.15) is 5.89 Å². The van der Waals surface area contributed by atoms with Crippen molar-refractivity contribution in [1.82, 2.24) is 29.9 Å². The van der Waals surface area contributed by atoms with Crippen LogP contribution in [0.2, 0.25) is 5.02 Å². The molecule has 4 rings (SSSR count). The van der Waals surface area contributed by atoms with E-state index in [2.05, 4.69) is 32.0 Å². The highest BCUT2D eigenvalue weighted by Gasteiger charge is 2.16. The van der Waals surface area contributed by atoms with Gasteiger partial charge in [0.1, 0.15) is 0 Å². The average Bonchev–Trinajstić information content (AvgIpc) is 3.35. The van der Waals surface area contributed by atoms with Crippen molar-refractivity contribution in [3.05, 3.63) is 72.4 Å². The van der Waals surface area contributed by atoms with Gasteiger partial charge in [0.05, 0.1) is 16.3 Å². The van der Waals surface area contributed by atoms with E-state index in [1.807, 2.05) is 34.9 Å². The maximum atomic E-state index is 6.19. The molecular weight excluding hydrogens is 396 g/mol. The highest BCUT2D eigenvalue weighted by atomic mass is 35.5. The molecule has 3 aromatic heterocycles. The molecule has 0 fully saturated rings. The predicted octanol–water partition coefficient (Wildman–Crippen LogP) is 4.52. The second-order valence-corrected chi connectivity index (χ2v) is 7.06. The Hall–Kier alpha value is -2.97. The van der Waals surface area contributed by atoms with Gasteiger partial charge in [-0.3, -0.25) is 9.55 Å². The van der Waals surface area contributed by atoms with Gasteiger partial charge in [0.15, 0.2) is 11.0 Å². The Balaban J connectivity index is 1.54. The number of rotatable bonds is 7. The Morgan fingerprint density at radius 1 is 1.07 bits per heavy atom. The molecule has 0 aliphatic heterocycles. The lowest BCUT2D eigenvalue weighted by Gasteiger charge is -2.06. The average molecular weight is 411 g/mol. The summed E-state index contributed by atoms with van der Waals surface area (Å²) in [5.74, 6) is 2.10. The number of hydrogen-bond acceptors (Lipinski definition) is 7. The third-order valence-corrected chi connectivity index (χ3v) is 5.14. The quantitative estimate of drug-likeness (QED) is 0.327. The minimum absolute atomic E-state index is 0.395. The SMILES string of the molecule is C=CCn1c(SCc2nnc(-c3ccccc3Cl)o2)nnc1-c1ccncc1. The molecule has 0 amide bonds. The standard InChI is InChI=1S/C19H15ClN6OS/c1-2-11-26-17(13-7-9-21-10-8-13)23-25-19(26)28-12-16-22-24-18(27-16)14-5-3-4-6-15(14)20/h2-10H,1,11-12H2. The Morgan fingerprint density at radius 2 is 1.89 bits per heavy atom. The number of hydrogen-bond donors (Lipinski definition) is 0. The van der Waals surface area contributed by atoms with Crippen molar-refractivity contribution in [2.75, 3.05) is 0 Å². The minimum Gasteiger partial charge on any atom is -0.420 e. The fraction of sp³-hybridized carbons (Fsp3) is 0.105. The van der Waals surface area contributed by atoms with Gasteiger partial charge in [0, 0.05) is 24.5 Å². The predicted molar refractivity (Wildman–Crippen MR) is 108 cm³/mol.